The second kappa shape index (κ2) is 7.62. The number of nitrogen functional groups attached to an aromatic ring is 1. The first kappa shape index (κ1) is 17.4. The van der Waals surface area contributed by atoms with Crippen LogP contribution in [-0.4, -0.2) is 43.9 Å². The maximum Gasteiger partial charge on any atom is 0.289 e. The Labute approximate surface area is 151 Å². The molecule has 3 amide bonds. The van der Waals surface area contributed by atoms with Crippen molar-refractivity contribution < 1.29 is 14.4 Å². The van der Waals surface area contributed by atoms with E-state index < -0.39 is 5.25 Å². The number of nitrogens with zero attached hydrogens (tertiary/aromatic N) is 3. The van der Waals surface area contributed by atoms with Crippen molar-refractivity contribution in [2.75, 3.05) is 17.6 Å². The summed E-state index contributed by atoms with van der Waals surface area (Å²) >= 11 is 2.10. The van der Waals surface area contributed by atoms with Crippen molar-refractivity contribution >= 4 is 51.0 Å². The average molecular weight is 377 g/mol. The minimum Gasteiger partial charge on any atom is -0.374 e. The molecule has 0 saturated carbocycles. The van der Waals surface area contributed by atoms with Gasteiger partial charge in [0, 0.05) is 25.1 Å². The average Bonchev–Trinajstić information content (AvgIpc) is 3.10. The molecule has 0 bridgehead atoms. The molecule has 3 rings (SSSR count). The summed E-state index contributed by atoms with van der Waals surface area (Å²) in [5, 5.41) is 10.2. The normalized spacial score (nSPS) is 17.1. The molecule has 1 aromatic heterocycles. The molecular formula is C15H15N5O3S2. The number of nitrogens with two attached hydrogens (primary N) is 1. The molecule has 25 heavy (non-hydrogen) atoms. The van der Waals surface area contributed by atoms with Gasteiger partial charge < -0.3 is 11.1 Å². The van der Waals surface area contributed by atoms with E-state index >= 15 is 0 Å². The van der Waals surface area contributed by atoms with Crippen molar-refractivity contribution in [1.82, 2.24) is 15.1 Å². The number of amides is 3. The van der Waals surface area contributed by atoms with Crippen LogP contribution in [0.25, 0.3) is 0 Å². The van der Waals surface area contributed by atoms with Gasteiger partial charge in [-0.15, -0.1) is 10.2 Å². The third kappa shape index (κ3) is 4.34. The lowest BCUT2D eigenvalue weighted by Crippen LogP contribution is -2.34. The molecule has 130 valence electrons. The largest absolute Gasteiger partial charge is 0.374 e. The molecule has 3 N–H and O–H groups in total. The molecule has 0 radical (unpaired) electrons. The summed E-state index contributed by atoms with van der Waals surface area (Å²) in [6, 6.07) is 8.96. The molecule has 10 heteroatoms. The number of carbonyl (C=O) groups excluding carboxylic acids is 3. The van der Waals surface area contributed by atoms with E-state index in [1.54, 1.807) is 24.3 Å². The Morgan fingerprint density at radius 2 is 2.00 bits per heavy atom. The van der Waals surface area contributed by atoms with Gasteiger partial charge in [-0.05, 0) is 12.1 Å². The Morgan fingerprint density at radius 3 is 2.68 bits per heavy atom. The third-order valence-corrected chi connectivity index (χ3v) is 5.35. The number of benzene rings is 1. The van der Waals surface area contributed by atoms with Crippen LogP contribution in [0.3, 0.4) is 0 Å². The van der Waals surface area contributed by atoms with Crippen molar-refractivity contribution in [3.63, 3.8) is 0 Å². The lowest BCUT2D eigenvalue weighted by atomic mass is 10.2. The molecule has 0 aliphatic carbocycles. The van der Waals surface area contributed by atoms with Crippen LogP contribution in [0.15, 0.2) is 30.3 Å². The van der Waals surface area contributed by atoms with Crippen LogP contribution in [0.4, 0.5) is 15.6 Å². The van der Waals surface area contributed by atoms with E-state index in [1.165, 1.54) is 11.3 Å². The summed E-state index contributed by atoms with van der Waals surface area (Å²) in [7, 11) is 0. The maximum absolute atomic E-state index is 12.4. The minimum atomic E-state index is -0.698. The van der Waals surface area contributed by atoms with E-state index in [1.807, 2.05) is 6.07 Å². The first-order valence-electron chi connectivity index (χ1n) is 7.47. The van der Waals surface area contributed by atoms with E-state index in [0.29, 0.717) is 22.2 Å². The first-order chi connectivity index (χ1) is 12.0. The predicted octanol–water partition coefficient (Wildman–Crippen LogP) is 1.76. The highest BCUT2D eigenvalue weighted by Gasteiger charge is 2.40. The van der Waals surface area contributed by atoms with Crippen LogP contribution in [0.5, 0.6) is 0 Å². The molecule has 1 saturated heterocycles. The maximum atomic E-state index is 12.4. The quantitative estimate of drug-likeness (QED) is 0.787. The summed E-state index contributed by atoms with van der Waals surface area (Å²) in [6.07, 6.45) is 0.349. The number of imide groups is 1. The molecule has 2 aromatic rings. The second-order valence-electron chi connectivity index (χ2n) is 5.26. The van der Waals surface area contributed by atoms with Gasteiger partial charge in [0.25, 0.3) is 5.24 Å². The lowest BCUT2D eigenvalue weighted by Gasteiger charge is -2.12. The van der Waals surface area contributed by atoms with Crippen LogP contribution in [-0.2, 0) is 16.0 Å². The van der Waals surface area contributed by atoms with Gasteiger partial charge in [0.2, 0.25) is 16.9 Å². The zero-order chi connectivity index (χ0) is 17.8. The zero-order valence-electron chi connectivity index (χ0n) is 13.0. The number of hydrogen-bond donors (Lipinski definition) is 2. The summed E-state index contributed by atoms with van der Waals surface area (Å²) in [4.78, 5) is 37.6. The predicted molar refractivity (Wildman–Crippen MR) is 96.2 cm³/mol. The Hall–Kier alpha value is -2.46. The summed E-state index contributed by atoms with van der Waals surface area (Å²) in [5.41, 5.74) is 6.16. The Bertz CT molecular complexity index is 795. The molecule has 1 aromatic carbocycles. The monoisotopic (exact) mass is 377 g/mol. The van der Waals surface area contributed by atoms with Crippen LogP contribution in [0.2, 0.25) is 0 Å². The summed E-state index contributed by atoms with van der Waals surface area (Å²) in [6.45, 7) is 0.204. The number of carbonyl (C=O) groups is 3. The first-order valence-corrected chi connectivity index (χ1v) is 9.17. The van der Waals surface area contributed by atoms with E-state index in [-0.39, 0.29) is 30.0 Å². The summed E-state index contributed by atoms with van der Waals surface area (Å²) < 4.78 is 0. The van der Waals surface area contributed by atoms with E-state index in [4.69, 9.17) is 5.73 Å². The van der Waals surface area contributed by atoms with Crippen LogP contribution >= 0.6 is 23.1 Å². The van der Waals surface area contributed by atoms with Crippen molar-refractivity contribution in [2.24, 2.45) is 0 Å². The number of rotatable bonds is 6. The highest BCUT2D eigenvalue weighted by molar-refractivity contribution is 8.15. The molecule has 1 unspecified atom stereocenters. The van der Waals surface area contributed by atoms with Gasteiger partial charge in [-0.25, -0.2) is 0 Å². The van der Waals surface area contributed by atoms with E-state index in [0.717, 1.165) is 16.7 Å². The fourth-order valence-electron chi connectivity index (χ4n) is 2.31. The van der Waals surface area contributed by atoms with Crippen molar-refractivity contribution in [2.45, 2.75) is 18.1 Å². The van der Waals surface area contributed by atoms with Crippen LogP contribution in [0, 0.1) is 0 Å². The second-order valence-corrected chi connectivity index (χ2v) is 7.51. The molecule has 0 spiro atoms. The standard InChI is InChI=1S/C15H15N5O3S2/c16-14-19-18-12(25-14)6-7-20-13(22)10(24-15(20)23)8-11(21)17-9-4-2-1-3-5-9/h1-5,10H,6-8H2,(H2,16,19)(H,17,21). The number of hydrogen-bond acceptors (Lipinski definition) is 8. The van der Waals surface area contributed by atoms with Gasteiger partial charge >= 0.3 is 0 Å². The molecule has 1 atom stereocenters. The molecule has 1 aliphatic heterocycles. The van der Waals surface area contributed by atoms with Gasteiger partial charge in [0.1, 0.15) is 10.3 Å². The third-order valence-electron chi connectivity index (χ3n) is 3.47. The number of aromatic nitrogens is 2. The number of thioether (sulfide) groups is 1. The van der Waals surface area contributed by atoms with E-state index in [2.05, 4.69) is 15.5 Å². The zero-order valence-corrected chi connectivity index (χ0v) is 14.7. The Balaban J connectivity index is 1.54. The molecule has 8 nitrogen and oxygen atoms in total. The van der Waals surface area contributed by atoms with Gasteiger partial charge in [-0.1, -0.05) is 41.3 Å². The van der Waals surface area contributed by atoms with Gasteiger partial charge in [0.15, 0.2) is 0 Å². The molecule has 1 aliphatic rings. The smallest absolute Gasteiger partial charge is 0.289 e. The fraction of sp³-hybridized carbons (Fsp3) is 0.267. The highest BCUT2D eigenvalue weighted by Crippen LogP contribution is 2.30. The van der Waals surface area contributed by atoms with E-state index in [9.17, 15) is 14.4 Å². The topological polar surface area (TPSA) is 118 Å². The fourth-order valence-corrected chi connectivity index (χ4v) is 3.92. The SMILES string of the molecule is Nc1nnc(CCN2C(=O)SC(CC(=O)Nc3ccccc3)C2=O)s1. The summed E-state index contributed by atoms with van der Waals surface area (Å²) in [5.74, 6) is -0.653. The minimum absolute atomic E-state index is 0.0492. The van der Waals surface area contributed by atoms with Gasteiger partial charge in [-0.3, -0.25) is 19.3 Å². The number of nitrogens with one attached hydrogen (secondary N) is 1. The van der Waals surface area contributed by atoms with Crippen molar-refractivity contribution in [3.05, 3.63) is 35.3 Å². The van der Waals surface area contributed by atoms with Gasteiger partial charge in [-0.2, -0.15) is 0 Å². The highest BCUT2D eigenvalue weighted by atomic mass is 32.2. The molecular weight excluding hydrogens is 362 g/mol. The Morgan fingerprint density at radius 1 is 1.24 bits per heavy atom. The number of anilines is 2. The van der Waals surface area contributed by atoms with Crippen molar-refractivity contribution in [1.29, 1.82) is 0 Å². The van der Waals surface area contributed by atoms with Crippen LogP contribution in [0.1, 0.15) is 11.4 Å². The van der Waals surface area contributed by atoms with Crippen LogP contribution < -0.4 is 11.1 Å². The molecule has 1 fully saturated rings. The Kier molecular flexibility index (Phi) is 5.29. The van der Waals surface area contributed by atoms with Gasteiger partial charge in [0.05, 0.1) is 0 Å². The van der Waals surface area contributed by atoms with Crippen molar-refractivity contribution in [3.8, 4) is 0 Å². The lowest BCUT2D eigenvalue weighted by molar-refractivity contribution is -0.128. The number of para-hydroxylation sites is 1. The molecule has 2 heterocycles.